The number of nitrogens with one attached hydrogen (secondary N) is 1. The summed E-state index contributed by atoms with van der Waals surface area (Å²) >= 11 is 0. The molecule has 2 aromatic carbocycles. The molecule has 0 radical (unpaired) electrons. The van der Waals surface area contributed by atoms with Gasteiger partial charge in [0.1, 0.15) is 11.5 Å². The minimum Gasteiger partial charge on any atom is -0.508 e. The summed E-state index contributed by atoms with van der Waals surface area (Å²) in [7, 11) is 1.67. The highest BCUT2D eigenvalue weighted by Crippen LogP contribution is 2.24. The summed E-state index contributed by atoms with van der Waals surface area (Å²) in [6.07, 6.45) is 1.29. The van der Waals surface area contributed by atoms with Crippen LogP contribution in [0.15, 0.2) is 42.5 Å². The van der Waals surface area contributed by atoms with Gasteiger partial charge < -0.3 is 20.3 Å². The van der Waals surface area contributed by atoms with E-state index in [1.165, 1.54) is 5.56 Å². The molecule has 0 spiro atoms. The number of aliphatic hydroxyl groups excluding tert-OH is 1. The molecule has 0 bridgehead atoms. The molecular weight excluding hydrogens is 302 g/mol. The topological polar surface area (TPSA) is 61.7 Å². The molecular formula is C20H27NO3. The average Bonchev–Trinajstić information content (AvgIpc) is 2.60. The Morgan fingerprint density at radius 1 is 1.17 bits per heavy atom. The van der Waals surface area contributed by atoms with Gasteiger partial charge in [0.05, 0.1) is 13.2 Å². The standard InChI is InChI=1S/C20H27NO3/c1-14-9-10-17(13-19(14)22)20(23)15(2)21-11-5-7-16-6-4-8-18(12-16)24-3/h4,6,8-10,12-13,15,20-23H,5,7,11H2,1-3H3. The van der Waals surface area contributed by atoms with E-state index in [1.54, 1.807) is 13.2 Å². The number of rotatable bonds is 8. The number of benzene rings is 2. The fraction of sp³-hybridized carbons (Fsp3) is 0.400. The third-order valence-corrected chi connectivity index (χ3v) is 4.29. The van der Waals surface area contributed by atoms with Crippen molar-refractivity contribution in [1.82, 2.24) is 5.32 Å². The zero-order valence-corrected chi connectivity index (χ0v) is 14.6. The van der Waals surface area contributed by atoms with Crippen molar-refractivity contribution in [3.8, 4) is 11.5 Å². The number of aromatic hydroxyl groups is 1. The molecule has 4 heteroatoms. The van der Waals surface area contributed by atoms with Crippen molar-refractivity contribution in [1.29, 1.82) is 0 Å². The molecule has 0 fully saturated rings. The van der Waals surface area contributed by atoms with Gasteiger partial charge >= 0.3 is 0 Å². The summed E-state index contributed by atoms with van der Waals surface area (Å²) in [5.41, 5.74) is 2.78. The van der Waals surface area contributed by atoms with Crippen LogP contribution >= 0.6 is 0 Å². The number of hydrogen-bond acceptors (Lipinski definition) is 4. The number of phenols is 1. The Hall–Kier alpha value is -2.04. The Balaban J connectivity index is 1.79. The van der Waals surface area contributed by atoms with Crippen LogP contribution in [0, 0.1) is 6.92 Å². The smallest absolute Gasteiger partial charge is 0.119 e. The highest BCUT2D eigenvalue weighted by molar-refractivity contribution is 5.36. The first kappa shape index (κ1) is 18.3. The second-order valence-corrected chi connectivity index (χ2v) is 6.19. The van der Waals surface area contributed by atoms with Gasteiger partial charge in [-0.3, -0.25) is 0 Å². The molecule has 4 nitrogen and oxygen atoms in total. The molecule has 0 heterocycles. The van der Waals surface area contributed by atoms with Gasteiger partial charge in [0.2, 0.25) is 0 Å². The van der Waals surface area contributed by atoms with Crippen LogP contribution in [-0.4, -0.2) is 29.9 Å². The van der Waals surface area contributed by atoms with Gasteiger partial charge in [-0.2, -0.15) is 0 Å². The van der Waals surface area contributed by atoms with Crippen molar-refractivity contribution < 1.29 is 14.9 Å². The zero-order valence-electron chi connectivity index (χ0n) is 14.6. The Morgan fingerprint density at radius 3 is 2.67 bits per heavy atom. The van der Waals surface area contributed by atoms with E-state index in [0.717, 1.165) is 36.3 Å². The van der Waals surface area contributed by atoms with Gasteiger partial charge in [0, 0.05) is 6.04 Å². The average molecular weight is 329 g/mol. The minimum absolute atomic E-state index is 0.0857. The molecule has 2 rings (SSSR count). The fourth-order valence-corrected chi connectivity index (χ4v) is 2.66. The van der Waals surface area contributed by atoms with Gasteiger partial charge in [-0.05, 0) is 68.1 Å². The van der Waals surface area contributed by atoms with Crippen molar-refractivity contribution in [3.05, 3.63) is 59.2 Å². The third-order valence-electron chi connectivity index (χ3n) is 4.29. The molecule has 0 aliphatic carbocycles. The van der Waals surface area contributed by atoms with E-state index in [4.69, 9.17) is 4.74 Å². The summed E-state index contributed by atoms with van der Waals surface area (Å²) in [5, 5.41) is 23.5. The summed E-state index contributed by atoms with van der Waals surface area (Å²) < 4.78 is 5.23. The van der Waals surface area contributed by atoms with Crippen LogP contribution in [0.3, 0.4) is 0 Å². The lowest BCUT2D eigenvalue weighted by Gasteiger charge is -2.21. The van der Waals surface area contributed by atoms with Gasteiger partial charge in [-0.15, -0.1) is 0 Å². The molecule has 130 valence electrons. The maximum Gasteiger partial charge on any atom is 0.119 e. The van der Waals surface area contributed by atoms with Crippen LogP contribution in [0.1, 0.15) is 36.1 Å². The molecule has 24 heavy (non-hydrogen) atoms. The SMILES string of the molecule is COc1cccc(CCCNC(C)C(O)c2ccc(C)c(O)c2)c1. The molecule has 2 aromatic rings. The van der Waals surface area contributed by atoms with Crippen LogP contribution in [0.4, 0.5) is 0 Å². The molecule has 0 saturated carbocycles. The summed E-state index contributed by atoms with van der Waals surface area (Å²) in [5.74, 6) is 1.10. The van der Waals surface area contributed by atoms with Gasteiger partial charge in [-0.1, -0.05) is 24.3 Å². The van der Waals surface area contributed by atoms with Crippen LogP contribution in [-0.2, 0) is 6.42 Å². The quantitative estimate of drug-likeness (QED) is 0.650. The number of hydrogen-bond donors (Lipinski definition) is 3. The van der Waals surface area contributed by atoms with Crippen molar-refractivity contribution in [3.63, 3.8) is 0 Å². The maximum atomic E-state index is 10.4. The Kier molecular flexibility index (Phi) is 6.64. The lowest BCUT2D eigenvalue weighted by molar-refractivity contribution is 0.136. The number of phenolic OH excluding ortho intramolecular Hbond substituents is 1. The van der Waals surface area contributed by atoms with E-state index in [1.807, 2.05) is 44.2 Å². The van der Waals surface area contributed by atoms with Gasteiger partial charge in [0.15, 0.2) is 0 Å². The van der Waals surface area contributed by atoms with Crippen molar-refractivity contribution in [2.75, 3.05) is 13.7 Å². The third kappa shape index (κ3) is 4.98. The highest BCUT2D eigenvalue weighted by Gasteiger charge is 2.16. The predicted molar refractivity (Wildman–Crippen MR) is 96.6 cm³/mol. The second kappa shape index (κ2) is 8.71. The number of methoxy groups -OCH3 is 1. The van der Waals surface area contributed by atoms with Gasteiger partial charge in [-0.25, -0.2) is 0 Å². The van der Waals surface area contributed by atoms with E-state index in [2.05, 4.69) is 11.4 Å². The highest BCUT2D eigenvalue weighted by atomic mass is 16.5. The molecule has 0 aliphatic rings. The van der Waals surface area contributed by atoms with E-state index < -0.39 is 6.10 Å². The summed E-state index contributed by atoms with van der Waals surface area (Å²) in [6.45, 7) is 4.60. The van der Waals surface area contributed by atoms with Crippen LogP contribution in [0.2, 0.25) is 0 Å². The molecule has 3 N–H and O–H groups in total. The van der Waals surface area contributed by atoms with Crippen LogP contribution in [0.5, 0.6) is 11.5 Å². The fourth-order valence-electron chi connectivity index (χ4n) is 2.66. The predicted octanol–water partition coefficient (Wildman–Crippen LogP) is 3.35. The Morgan fingerprint density at radius 2 is 1.96 bits per heavy atom. The molecule has 2 atom stereocenters. The largest absolute Gasteiger partial charge is 0.508 e. The van der Waals surface area contributed by atoms with E-state index in [0.29, 0.717) is 0 Å². The molecule has 0 aliphatic heterocycles. The minimum atomic E-state index is -0.645. The molecule has 0 aromatic heterocycles. The van der Waals surface area contributed by atoms with E-state index in [9.17, 15) is 10.2 Å². The summed E-state index contributed by atoms with van der Waals surface area (Å²) in [4.78, 5) is 0. The van der Waals surface area contributed by atoms with Crippen molar-refractivity contribution >= 4 is 0 Å². The number of ether oxygens (including phenoxy) is 1. The zero-order chi connectivity index (χ0) is 17.5. The van der Waals surface area contributed by atoms with Crippen LogP contribution < -0.4 is 10.1 Å². The number of aryl methyl sites for hydroxylation is 2. The first-order chi connectivity index (χ1) is 11.5. The maximum absolute atomic E-state index is 10.4. The molecule has 0 amide bonds. The summed E-state index contributed by atoms with van der Waals surface area (Å²) in [6, 6.07) is 13.3. The second-order valence-electron chi connectivity index (χ2n) is 6.19. The Labute approximate surface area is 144 Å². The van der Waals surface area contributed by atoms with Crippen LogP contribution in [0.25, 0.3) is 0 Å². The van der Waals surface area contributed by atoms with Gasteiger partial charge in [0.25, 0.3) is 0 Å². The Bertz CT molecular complexity index is 657. The van der Waals surface area contributed by atoms with E-state index >= 15 is 0 Å². The first-order valence-corrected chi connectivity index (χ1v) is 8.35. The molecule has 2 unspecified atom stereocenters. The normalized spacial score (nSPS) is 13.5. The molecule has 0 saturated heterocycles. The lowest BCUT2D eigenvalue weighted by Crippen LogP contribution is -2.33. The number of aliphatic hydroxyl groups is 1. The van der Waals surface area contributed by atoms with E-state index in [-0.39, 0.29) is 11.8 Å². The van der Waals surface area contributed by atoms with Crippen molar-refractivity contribution in [2.24, 2.45) is 0 Å². The first-order valence-electron chi connectivity index (χ1n) is 8.35. The van der Waals surface area contributed by atoms with Crippen molar-refractivity contribution in [2.45, 2.75) is 38.8 Å². The monoisotopic (exact) mass is 329 g/mol. The lowest BCUT2D eigenvalue weighted by atomic mass is 10.0.